The minimum atomic E-state index is 0.489. The second-order valence-corrected chi connectivity index (χ2v) is 3.68. The molecule has 2 rings (SSSR count). The number of anilines is 1. The molecule has 4 heteroatoms. The Bertz CT molecular complexity index is 474. The molecule has 0 unspecified atom stereocenters. The zero-order valence-corrected chi connectivity index (χ0v) is 10.0. The molecule has 18 heavy (non-hydrogen) atoms. The summed E-state index contributed by atoms with van der Waals surface area (Å²) in [7, 11) is 0. The molecule has 4 nitrogen and oxygen atoms in total. The van der Waals surface area contributed by atoms with Crippen LogP contribution < -0.4 is 20.7 Å². The molecule has 0 bridgehead atoms. The largest absolute Gasteiger partial charge is 0.490 e. The molecule has 0 aliphatic carbocycles. The number of benzene rings is 2. The minimum absolute atomic E-state index is 0.489. The first kappa shape index (κ1) is 12.3. The summed E-state index contributed by atoms with van der Waals surface area (Å²) in [4.78, 5) is 0. The number of nitrogens with two attached hydrogens (primary N) is 1. The molecule has 3 N–H and O–H groups in total. The van der Waals surface area contributed by atoms with E-state index in [2.05, 4.69) is 5.43 Å². The zero-order chi connectivity index (χ0) is 12.6. The van der Waals surface area contributed by atoms with Crippen molar-refractivity contribution in [3.05, 3.63) is 54.6 Å². The van der Waals surface area contributed by atoms with Crippen molar-refractivity contribution in [2.24, 2.45) is 5.84 Å². The maximum absolute atomic E-state index is 5.55. The first-order chi connectivity index (χ1) is 8.88. The highest BCUT2D eigenvalue weighted by Gasteiger charge is 1.96. The molecule has 0 radical (unpaired) electrons. The van der Waals surface area contributed by atoms with Gasteiger partial charge in [-0.25, -0.2) is 0 Å². The Morgan fingerprint density at radius 1 is 0.833 bits per heavy atom. The highest BCUT2D eigenvalue weighted by molar-refractivity contribution is 5.46. The third kappa shape index (κ3) is 3.68. The van der Waals surface area contributed by atoms with Crippen molar-refractivity contribution in [2.75, 3.05) is 18.6 Å². The van der Waals surface area contributed by atoms with Crippen LogP contribution in [0.15, 0.2) is 54.6 Å². The van der Waals surface area contributed by atoms with Gasteiger partial charge in [-0.15, -0.1) is 0 Å². The highest BCUT2D eigenvalue weighted by Crippen LogP contribution is 2.16. The number of ether oxygens (including phenoxy) is 2. The quantitative estimate of drug-likeness (QED) is 0.465. The summed E-state index contributed by atoms with van der Waals surface area (Å²) in [5.74, 6) is 6.93. The van der Waals surface area contributed by atoms with Gasteiger partial charge in [0.25, 0.3) is 0 Å². The molecule has 0 aromatic heterocycles. The Morgan fingerprint density at radius 2 is 1.50 bits per heavy atom. The molecular formula is C14H16N2O2. The number of nitrogen functional groups attached to an aromatic ring is 1. The van der Waals surface area contributed by atoms with Crippen LogP contribution in [-0.2, 0) is 0 Å². The second kappa shape index (κ2) is 6.51. The van der Waals surface area contributed by atoms with E-state index in [1.807, 2.05) is 54.6 Å². The van der Waals surface area contributed by atoms with Gasteiger partial charge in [0.05, 0.1) is 5.69 Å². The number of hydrogen-bond acceptors (Lipinski definition) is 4. The Labute approximate surface area is 106 Å². The van der Waals surface area contributed by atoms with Crippen LogP contribution in [0.5, 0.6) is 11.5 Å². The number of hydrazine groups is 1. The van der Waals surface area contributed by atoms with Gasteiger partial charge in [-0.2, -0.15) is 0 Å². The van der Waals surface area contributed by atoms with Gasteiger partial charge in [0.1, 0.15) is 24.7 Å². The second-order valence-electron chi connectivity index (χ2n) is 3.68. The molecule has 0 spiro atoms. The lowest BCUT2D eigenvalue weighted by molar-refractivity contribution is 0.217. The lowest BCUT2D eigenvalue weighted by atomic mass is 10.3. The predicted molar refractivity (Wildman–Crippen MR) is 71.7 cm³/mol. The van der Waals surface area contributed by atoms with Crippen LogP contribution in [0.2, 0.25) is 0 Å². The molecule has 2 aromatic rings. The average Bonchev–Trinajstić information content (AvgIpc) is 2.45. The summed E-state index contributed by atoms with van der Waals surface area (Å²) < 4.78 is 11.1. The van der Waals surface area contributed by atoms with Gasteiger partial charge < -0.3 is 14.9 Å². The highest BCUT2D eigenvalue weighted by atomic mass is 16.5. The first-order valence-corrected chi connectivity index (χ1v) is 5.76. The lowest BCUT2D eigenvalue weighted by Gasteiger charge is -2.09. The van der Waals surface area contributed by atoms with Crippen LogP contribution in [0.4, 0.5) is 5.69 Å². The number of rotatable bonds is 6. The van der Waals surface area contributed by atoms with Gasteiger partial charge in [-0.1, -0.05) is 24.3 Å². The fourth-order valence-electron chi connectivity index (χ4n) is 1.51. The van der Waals surface area contributed by atoms with E-state index in [0.29, 0.717) is 13.2 Å². The molecule has 0 fully saturated rings. The summed E-state index contributed by atoms with van der Waals surface area (Å²) in [6.45, 7) is 0.993. The average molecular weight is 244 g/mol. The summed E-state index contributed by atoms with van der Waals surface area (Å²) in [5.41, 5.74) is 3.39. The van der Waals surface area contributed by atoms with Crippen LogP contribution in [0.1, 0.15) is 0 Å². The van der Waals surface area contributed by atoms with Crippen molar-refractivity contribution in [3.8, 4) is 11.5 Å². The van der Waals surface area contributed by atoms with E-state index >= 15 is 0 Å². The van der Waals surface area contributed by atoms with Crippen LogP contribution in [0, 0.1) is 0 Å². The standard InChI is InChI=1S/C14H16N2O2/c15-16-12-5-4-8-14(11-12)18-10-9-17-13-6-2-1-3-7-13/h1-8,11,16H,9-10,15H2. The van der Waals surface area contributed by atoms with Crippen molar-refractivity contribution in [1.29, 1.82) is 0 Å². The molecular weight excluding hydrogens is 228 g/mol. The van der Waals surface area contributed by atoms with Crippen molar-refractivity contribution < 1.29 is 9.47 Å². The summed E-state index contributed by atoms with van der Waals surface area (Å²) >= 11 is 0. The Hall–Kier alpha value is -2.20. The zero-order valence-electron chi connectivity index (χ0n) is 10.0. The Kier molecular flexibility index (Phi) is 4.44. The molecule has 0 amide bonds. The number of para-hydroxylation sites is 1. The molecule has 2 aromatic carbocycles. The molecule has 94 valence electrons. The maximum Gasteiger partial charge on any atom is 0.122 e. The van der Waals surface area contributed by atoms with Gasteiger partial charge in [0.15, 0.2) is 0 Å². The topological polar surface area (TPSA) is 56.5 Å². The van der Waals surface area contributed by atoms with E-state index < -0.39 is 0 Å². The van der Waals surface area contributed by atoms with E-state index in [-0.39, 0.29) is 0 Å². The SMILES string of the molecule is NNc1cccc(OCCOc2ccccc2)c1. The van der Waals surface area contributed by atoms with Crippen LogP contribution in [0.3, 0.4) is 0 Å². The van der Waals surface area contributed by atoms with Crippen LogP contribution >= 0.6 is 0 Å². The van der Waals surface area contributed by atoms with Gasteiger partial charge in [-0.3, -0.25) is 5.84 Å². The molecule has 0 saturated carbocycles. The van der Waals surface area contributed by atoms with E-state index in [9.17, 15) is 0 Å². The predicted octanol–water partition coefficient (Wildman–Crippen LogP) is 2.43. The van der Waals surface area contributed by atoms with Crippen LogP contribution in [0.25, 0.3) is 0 Å². The fraction of sp³-hybridized carbons (Fsp3) is 0.143. The van der Waals surface area contributed by atoms with Crippen LogP contribution in [-0.4, -0.2) is 13.2 Å². The number of hydrogen-bond donors (Lipinski definition) is 2. The van der Waals surface area contributed by atoms with E-state index in [4.69, 9.17) is 15.3 Å². The summed E-state index contributed by atoms with van der Waals surface area (Å²) in [5, 5.41) is 0. The van der Waals surface area contributed by atoms with E-state index in [0.717, 1.165) is 17.2 Å². The monoisotopic (exact) mass is 244 g/mol. The van der Waals surface area contributed by atoms with Gasteiger partial charge in [0, 0.05) is 6.07 Å². The van der Waals surface area contributed by atoms with E-state index in [1.54, 1.807) is 0 Å². The molecule has 0 saturated heterocycles. The Morgan fingerprint density at radius 3 is 2.22 bits per heavy atom. The van der Waals surface area contributed by atoms with Gasteiger partial charge in [-0.05, 0) is 24.3 Å². The molecule has 0 atom stereocenters. The smallest absolute Gasteiger partial charge is 0.122 e. The third-order valence-electron chi connectivity index (χ3n) is 2.36. The van der Waals surface area contributed by atoms with E-state index in [1.165, 1.54) is 0 Å². The van der Waals surface area contributed by atoms with Gasteiger partial charge in [0.2, 0.25) is 0 Å². The van der Waals surface area contributed by atoms with Crippen molar-refractivity contribution in [3.63, 3.8) is 0 Å². The Balaban J connectivity index is 1.75. The third-order valence-corrected chi connectivity index (χ3v) is 2.36. The lowest BCUT2D eigenvalue weighted by Crippen LogP contribution is -2.10. The molecule has 0 aliphatic heterocycles. The van der Waals surface area contributed by atoms with Crippen molar-refractivity contribution >= 4 is 5.69 Å². The molecule has 0 aliphatic rings. The normalized spacial score (nSPS) is 9.83. The molecule has 0 heterocycles. The minimum Gasteiger partial charge on any atom is -0.490 e. The van der Waals surface area contributed by atoms with Crippen molar-refractivity contribution in [1.82, 2.24) is 0 Å². The van der Waals surface area contributed by atoms with Gasteiger partial charge >= 0.3 is 0 Å². The maximum atomic E-state index is 5.55. The number of nitrogens with one attached hydrogen (secondary N) is 1. The fourth-order valence-corrected chi connectivity index (χ4v) is 1.51. The van der Waals surface area contributed by atoms with Crippen molar-refractivity contribution in [2.45, 2.75) is 0 Å². The summed E-state index contributed by atoms with van der Waals surface area (Å²) in [6, 6.07) is 17.1. The first-order valence-electron chi connectivity index (χ1n) is 5.76. The summed E-state index contributed by atoms with van der Waals surface area (Å²) in [6.07, 6.45) is 0.